The number of rotatable bonds is 0. The molecule has 1 saturated heterocycles. The lowest BCUT2D eigenvalue weighted by Crippen LogP contribution is -2.03. The van der Waals surface area contributed by atoms with Crippen LogP contribution in [0.25, 0.3) is 0 Å². The van der Waals surface area contributed by atoms with E-state index in [4.69, 9.17) is 9.47 Å². The predicted octanol–water partition coefficient (Wildman–Crippen LogP) is 2.09. The largest absolute Gasteiger partial charge is 0.454 e. The van der Waals surface area contributed by atoms with Crippen LogP contribution in [0.4, 0.5) is 0 Å². The van der Waals surface area contributed by atoms with E-state index in [0.717, 1.165) is 11.5 Å². The molecule has 0 radical (unpaired) electrons. The molecule has 0 saturated carbocycles. The Labute approximate surface area is 90.4 Å². The molecule has 1 aromatic carbocycles. The second-order valence-corrected chi connectivity index (χ2v) is 3.81. The lowest BCUT2D eigenvalue weighted by molar-refractivity contribution is 0.174. The fourth-order valence-corrected chi connectivity index (χ4v) is 1.63. The highest BCUT2D eigenvalue weighted by Crippen LogP contribution is 2.31. The molecule has 3 nitrogen and oxygen atoms in total. The average molecular weight is 207 g/mol. The van der Waals surface area contributed by atoms with E-state index in [1.54, 1.807) is 0 Å². The van der Waals surface area contributed by atoms with Crippen molar-refractivity contribution in [1.29, 1.82) is 0 Å². The summed E-state index contributed by atoms with van der Waals surface area (Å²) in [6.07, 6.45) is 2.78. The number of fused-ring (bicyclic) bond motifs is 1. The normalized spacial score (nSPS) is 17.1. The van der Waals surface area contributed by atoms with Crippen molar-refractivity contribution >= 4 is 0 Å². The van der Waals surface area contributed by atoms with Crippen molar-refractivity contribution in [2.75, 3.05) is 19.9 Å². The fourth-order valence-electron chi connectivity index (χ4n) is 1.63. The molecule has 0 spiro atoms. The molecule has 2 heterocycles. The number of benzene rings is 1. The first-order valence-electron chi connectivity index (χ1n) is 5.43. The Morgan fingerprint density at radius 1 is 1.07 bits per heavy atom. The van der Waals surface area contributed by atoms with Gasteiger partial charge >= 0.3 is 0 Å². The minimum absolute atomic E-state index is 0.360. The molecule has 1 aromatic rings. The van der Waals surface area contributed by atoms with E-state index >= 15 is 0 Å². The first-order valence-corrected chi connectivity index (χ1v) is 5.43. The van der Waals surface area contributed by atoms with Gasteiger partial charge < -0.3 is 14.8 Å². The molecular weight excluding hydrogens is 190 g/mol. The van der Waals surface area contributed by atoms with Gasteiger partial charge in [0.2, 0.25) is 6.79 Å². The van der Waals surface area contributed by atoms with Crippen LogP contribution in [0.2, 0.25) is 0 Å². The average Bonchev–Trinajstić information content (AvgIpc) is 2.91. The molecule has 0 amide bonds. The topological polar surface area (TPSA) is 30.5 Å². The summed E-state index contributed by atoms with van der Waals surface area (Å²) in [7, 11) is 0. The van der Waals surface area contributed by atoms with Crippen molar-refractivity contribution in [2.45, 2.75) is 19.8 Å². The van der Waals surface area contributed by atoms with Crippen LogP contribution in [0, 0.1) is 6.92 Å². The lowest BCUT2D eigenvalue weighted by Gasteiger charge is -1.94. The van der Waals surface area contributed by atoms with Crippen LogP contribution in [0.15, 0.2) is 18.2 Å². The van der Waals surface area contributed by atoms with Gasteiger partial charge in [-0.25, -0.2) is 0 Å². The molecule has 1 fully saturated rings. The van der Waals surface area contributed by atoms with Gasteiger partial charge in [0.15, 0.2) is 11.5 Å². The highest BCUT2D eigenvalue weighted by molar-refractivity contribution is 5.43. The van der Waals surface area contributed by atoms with Gasteiger partial charge in [-0.1, -0.05) is 6.07 Å². The van der Waals surface area contributed by atoms with Gasteiger partial charge in [0.25, 0.3) is 0 Å². The summed E-state index contributed by atoms with van der Waals surface area (Å²) in [5, 5.41) is 3.22. The van der Waals surface area contributed by atoms with E-state index in [1.165, 1.54) is 31.5 Å². The molecule has 0 atom stereocenters. The van der Waals surface area contributed by atoms with Crippen LogP contribution in [-0.4, -0.2) is 19.9 Å². The van der Waals surface area contributed by atoms with Crippen molar-refractivity contribution in [3.05, 3.63) is 23.8 Å². The first kappa shape index (κ1) is 10.3. The standard InChI is InChI=1S/C8H8O2.C4H9N/c1-6-2-3-7-8(4-6)10-5-9-7;1-2-4-5-3-1/h2-4H,5H2,1H3;5H,1-4H2. The number of aryl methyl sites for hydroxylation is 1. The third-order valence-electron chi connectivity index (χ3n) is 2.49. The molecule has 0 bridgehead atoms. The zero-order valence-electron chi connectivity index (χ0n) is 9.08. The maximum absolute atomic E-state index is 5.16. The molecule has 82 valence electrons. The van der Waals surface area contributed by atoms with Gasteiger partial charge in [-0.2, -0.15) is 0 Å². The Hall–Kier alpha value is -1.22. The quantitative estimate of drug-likeness (QED) is 0.706. The molecule has 0 unspecified atom stereocenters. The Morgan fingerprint density at radius 2 is 1.80 bits per heavy atom. The molecule has 2 aliphatic heterocycles. The van der Waals surface area contributed by atoms with Crippen molar-refractivity contribution in [1.82, 2.24) is 5.32 Å². The monoisotopic (exact) mass is 207 g/mol. The SMILES string of the molecule is C1CCNC1.Cc1ccc2c(c1)OCO2. The van der Waals surface area contributed by atoms with Crippen LogP contribution < -0.4 is 14.8 Å². The number of hydrogen-bond acceptors (Lipinski definition) is 3. The number of hydrogen-bond donors (Lipinski definition) is 1. The maximum atomic E-state index is 5.16. The summed E-state index contributed by atoms with van der Waals surface area (Å²) in [6, 6.07) is 5.91. The van der Waals surface area contributed by atoms with Gasteiger partial charge in [-0.05, 0) is 50.6 Å². The molecule has 2 aliphatic rings. The van der Waals surface area contributed by atoms with Gasteiger partial charge in [0.1, 0.15) is 0 Å². The van der Waals surface area contributed by atoms with Crippen molar-refractivity contribution in [3.8, 4) is 11.5 Å². The van der Waals surface area contributed by atoms with E-state index in [1.807, 2.05) is 25.1 Å². The van der Waals surface area contributed by atoms with Crippen molar-refractivity contribution < 1.29 is 9.47 Å². The Bertz CT molecular complexity index is 314. The van der Waals surface area contributed by atoms with E-state index in [-0.39, 0.29) is 0 Å². The van der Waals surface area contributed by atoms with E-state index in [2.05, 4.69) is 5.32 Å². The molecule has 3 rings (SSSR count). The van der Waals surface area contributed by atoms with Crippen LogP contribution in [0.1, 0.15) is 18.4 Å². The summed E-state index contributed by atoms with van der Waals surface area (Å²) in [5.41, 5.74) is 1.20. The maximum Gasteiger partial charge on any atom is 0.231 e. The Morgan fingerprint density at radius 3 is 2.47 bits per heavy atom. The molecule has 3 heteroatoms. The number of nitrogens with one attached hydrogen (secondary N) is 1. The Balaban J connectivity index is 0.000000144. The highest BCUT2D eigenvalue weighted by Gasteiger charge is 2.11. The summed E-state index contributed by atoms with van der Waals surface area (Å²) in [6.45, 7) is 4.89. The van der Waals surface area contributed by atoms with Crippen LogP contribution in [0.5, 0.6) is 11.5 Å². The minimum atomic E-state index is 0.360. The van der Waals surface area contributed by atoms with E-state index in [0.29, 0.717) is 6.79 Å². The molecule has 1 N–H and O–H groups in total. The molecule has 0 aromatic heterocycles. The summed E-state index contributed by atoms with van der Waals surface area (Å²) < 4.78 is 10.3. The van der Waals surface area contributed by atoms with Crippen LogP contribution >= 0.6 is 0 Å². The summed E-state index contributed by atoms with van der Waals surface area (Å²) >= 11 is 0. The third kappa shape index (κ3) is 2.86. The molecule has 0 aliphatic carbocycles. The summed E-state index contributed by atoms with van der Waals surface area (Å²) in [5.74, 6) is 1.71. The van der Waals surface area contributed by atoms with Crippen molar-refractivity contribution in [2.24, 2.45) is 0 Å². The van der Waals surface area contributed by atoms with Gasteiger partial charge in [0, 0.05) is 0 Å². The number of ether oxygens (including phenoxy) is 2. The lowest BCUT2D eigenvalue weighted by atomic mass is 10.2. The zero-order valence-corrected chi connectivity index (χ0v) is 9.08. The van der Waals surface area contributed by atoms with E-state index < -0.39 is 0 Å². The van der Waals surface area contributed by atoms with Crippen LogP contribution in [0.3, 0.4) is 0 Å². The van der Waals surface area contributed by atoms with Gasteiger partial charge in [0.05, 0.1) is 0 Å². The zero-order chi connectivity index (χ0) is 10.5. The minimum Gasteiger partial charge on any atom is -0.454 e. The van der Waals surface area contributed by atoms with E-state index in [9.17, 15) is 0 Å². The highest BCUT2D eigenvalue weighted by atomic mass is 16.7. The third-order valence-corrected chi connectivity index (χ3v) is 2.49. The molecule has 15 heavy (non-hydrogen) atoms. The smallest absolute Gasteiger partial charge is 0.231 e. The van der Waals surface area contributed by atoms with Gasteiger partial charge in [-0.15, -0.1) is 0 Å². The Kier molecular flexibility index (Phi) is 3.45. The van der Waals surface area contributed by atoms with Crippen molar-refractivity contribution in [3.63, 3.8) is 0 Å². The fraction of sp³-hybridized carbons (Fsp3) is 0.500. The first-order chi connectivity index (χ1) is 7.36. The second kappa shape index (κ2) is 5.03. The van der Waals surface area contributed by atoms with Crippen LogP contribution in [-0.2, 0) is 0 Å². The van der Waals surface area contributed by atoms with Gasteiger partial charge in [-0.3, -0.25) is 0 Å². The molecular formula is C12H17NO2. The second-order valence-electron chi connectivity index (χ2n) is 3.81. The summed E-state index contributed by atoms with van der Waals surface area (Å²) in [4.78, 5) is 0. The predicted molar refractivity (Wildman–Crippen MR) is 59.4 cm³/mol.